The molecule has 0 radical (unpaired) electrons. The lowest BCUT2D eigenvalue weighted by Crippen LogP contribution is -2.49. The molecule has 27 heavy (non-hydrogen) atoms. The quantitative estimate of drug-likeness (QED) is 0.761. The number of carbonyl (C=O) groups is 2. The van der Waals surface area contributed by atoms with Gasteiger partial charge in [-0.05, 0) is 45.2 Å². The van der Waals surface area contributed by atoms with Crippen LogP contribution in [-0.2, 0) is 21.5 Å². The van der Waals surface area contributed by atoms with E-state index in [1.165, 1.54) is 0 Å². The van der Waals surface area contributed by atoms with Crippen molar-refractivity contribution in [1.82, 2.24) is 10.6 Å². The predicted molar refractivity (Wildman–Crippen MR) is 106 cm³/mol. The van der Waals surface area contributed by atoms with Crippen LogP contribution < -0.4 is 10.6 Å². The van der Waals surface area contributed by atoms with Crippen molar-refractivity contribution in [1.29, 1.82) is 0 Å². The molecule has 0 fully saturated rings. The van der Waals surface area contributed by atoms with Gasteiger partial charge in [-0.15, -0.1) is 0 Å². The third-order valence-electron chi connectivity index (χ3n) is 4.02. The highest BCUT2D eigenvalue weighted by Crippen LogP contribution is 2.25. The van der Waals surface area contributed by atoms with Crippen molar-refractivity contribution < 1.29 is 14.3 Å². The molecular weight excluding hydrogens is 342 g/mol. The summed E-state index contributed by atoms with van der Waals surface area (Å²) in [6.07, 6.45) is 0.0258. The van der Waals surface area contributed by atoms with Gasteiger partial charge in [-0.2, -0.15) is 0 Å². The van der Waals surface area contributed by atoms with Gasteiger partial charge in [0.15, 0.2) is 0 Å². The van der Waals surface area contributed by atoms with E-state index in [4.69, 9.17) is 4.74 Å². The molecule has 0 heterocycles. The summed E-state index contributed by atoms with van der Waals surface area (Å²) in [7, 11) is 0. The Bertz CT molecular complexity index is 754. The van der Waals surface area contributed by atoms with E-state index >= 15 is 0 Å². The van der Waals surface area contributed by atoms with E-state index in [-0.39, 0.29) is 12.5 Å². The zero-order valence-corrected chi connectivity index (χ0v) is 16.4. The highest BCUT2D eigenvalue weighted by Gasteiger charge is 2.29. The molecule has 2 rings (SSSR count). The lowest BCUT2D eigenvalue weighted by atomic mass is 10.1. The largest absolute Gasteiger partial charge is 0.444 e. The minimum Gasteiger partial charge on any atom is -0.444 e. The molecule has 1 atom stereocenters. The minimum absolute atomic E-state index is 0.147. The molecule has 2 aromatic carbocycles. The lowest BCUT2D eigenvalue weighted by molar-refractivity contribution is -0.122. The average molecular weight is 370 g/mol. The Morgan fingerprint density at radius 1 is 0.889 bits per heavy atom. The minimum atomic E-state index is -0.609. The van der Waals surface area contributed by atoms with Gasteiger partial charge in [-0.1, -0.05) is 60.7 Å². The SMILES string of the molecule is CC(C)(C)OC(=O)NCC(=O)N[13C]([13CH3])(Cc1ccccc1)c1ccccc1. The van der Waals surface area contributed by atoms with Gasteiger partial charge in [-0.25, -0.2) is 4.79 Å². The second kappa shape index (κ2) is 8.71. The van der Waals surface area contributed by atoms with Gasteiger partial charge >= 0.3 is 6.09 Å². The van der Waals surface area contributed by atoms with Crippen LogP contribution in [0.25, 0.3) is 0 Å². The Balaban J connectivity index is 2.08. The van der Waals surface area contributed by atoms with Crippen molar-refractivity contribution in [2.24, 2.45) is 0 Å². The van der Waals surface area contributed by atoms with Gasteiger partial charge in [-0.3, -0.25) is 4.79 Å². The van der Waals surface area contributed by atoms with Crippen molar-refractivity contribution in [3.63, 3.8) is 0 Å². The number of benzene rings is 2. The molecule has 2 amide bonds. The molecular formula is C22H28N2O3. The molecule has 1 unspecified atom stereocenters. The topological polar surface area (TPSA) is 67.4 Å². The van der Waals surface area contributed by atoms with Crippen molar-refractivity contribution in [3.8, 4) is 0 Å². The van der Waals surface area contributed by atoms with Gasteiger partial charge in [0.2, 0.25) is 5.91 Å². The zero-order valence-electron chi connectivity index (χ0n) is 16.4. The van der Waals surface area contributed by atoms with E-state index in [1.54, 1.807) is 20.8 Å². The van der Waals surface area contributed by atoms with Crippen LogP contribution in [0.5, 0.6) is 0 Å². The van der Waals surface area contributed by atoms with Crippen LogP contribution in [0.1, 0.15) is 38.8 Å². The van der Waals surface area contributed by atoms with Crippen LogP contribution >= 0.6 is 0 Å². The number of ether oxygens (including phenoxy) is 1. The van der Waals surface area contributed by atoms with Gasteiger partial charge in [0, 0.05) is 0 Å². The normalized spacial score (nSPS) is 13.3. The number of carbonyl (C=O) groups excluding carboxylic acids is 2. The summed E-state index contributed by atoms with van der Waals surface area (Å²) in [6, 6.07) is 19.8. The van der Waals surface area contributed by atoms with Gasteiger partial charge in [0.05, 0.1) is 5.54 Å². The molecule has 0 aliphatic rings. The molecule has 2 aromatic rings. The Morgan fingerprint density at radius 2 is 1.44 bits per heavy atom. The number of nitrogens with one attached hydrogen (secondary N) is 2. The van der Waals surface area contributed by atoms with Gasteiger partial charge < -0.3 is 15.4 Å². The average Bonchev–Trinajstić information content (AvgIpc) is 2.60. The maximum absolute atomic E-state index is 12.5. The van der Waals surface area contributed by atoms with Gasteiger partial charge in [0.25, 0.3) is 0 Å². The second-order valence-corrected chi connectivity index (χ2v) is 7.76. The lowest BCUT2D eigenvalue weighted by Gasteiger charge is -2.32. The smallest absolute Gasteiger partial charge is 0.408 e. The highest BCUT2D eigenvalue weighted by atomic mass is 16.6. The molecule has 0 saturated carbocycles. The number of rotatable bonds is 6. The summed E-state index contributed by atoms with van der Waals surface area (Å²) in [5, 5.41) is 5.57. The summed E-state index contributed by atoms with van der Waals surface area (Å²) >= 11 is 0. The van der Waals surface area contributed by atoms with Crippen molar-refractivity contribution >= 4 is 12.0 Å². The first-order valence-electron chi connectivity index (χ1n) is 9.05. The van der Waals surface area contributed by atoms with E-state index < -0.39 is 17.2 Å². The summed E-state index contributed by atoms with van der Waals surface area (Å²) in [4.78, 5) is 24.3. The van der Waals surface area contributed by atoms with Crippen LogP contribution in [-0.4, -0.2) is 24.1 Å². The van der Waals surface area contributed by atoms with Crippen LogP contribution in [0.4, 0.5) is 4.79 Å². The van der Waals surface area contributed by atoms with Crippen LogP contribution in [0.2, 0.25) is 0 Å². The molecule has 0 aromatic heterocycles. The number of hydrogen-bond acceptors (Lipinski definition) is 3. The summed E-state index contributed by atoms with van der Waals surface area (Å²) in [5.74, 6) is -0.275. The summed E-state index contributed by atoms with van der Waals surface area (Å²) < 4.78 is 5.17. The fourth-order valence-corrected chi connectivity index (χ4v) is 2.85. The fourth-order valence-electron chi connectivity index (χ4n) is 2.85. The molecule has 0 saturated heterocycles. The maximum Gasteiger partial charge on any atom is 0.408 e. The molecule has 0 aliphatic heterocycles. The monoisotopic (exact) mass is 370 g/mol. The molecule has 0 bridgehead atoms. The van der Waals surface area contributed by atoms with E-state index in [1.807, 2.05) is 67.6 Å². The van der Waals surface area contributed by atoms with Crippen molar-refractivity contribution in [2.75, 3.05) is 6.54 Å². The highest BCUT2D eigenvalue weighted by molar-refractivity contribution is 5.83. The Labute approximate surface area is 161 Å². The third-order valence-corrected chi connectivity index (χ3v) is 4.02. The first kappa shape index (κ1) is 20.5. The van der Waals surface area contributed by atoms with Crippen LogP contribution in [0.3, 0.4) is 0 Å². The van der Waals surface area contributed by atoms with E-state index in [0.717, 1.165) is 11.1 Å². The van der Waals surface area contributed by atoms with Crippen molar-refractivity contribution in [2.45, 2.75) is 45.3 Å². The Kier molecular flexibility index (Phi) is 6.61. The predicted octanol–water partition coefficient (Wildman–Crippen LogP) is 3.79. The molecule has 2 N–H and O–H groups in total. The molecule has 5 nitrogen and oxygen atoms in total. The number of alkyl carbamates (subject to hydrolysis) is 1. The van der Waals surface area contributed by atoms with E-state index in [9.17, 15) is 9.59 Å². The van der Waals surface area contributed by atoms with Crippen LogP contribution in [0, 0.1) is 0 Å². The maximum atomic E-state index is 12.5. The Hall–Kier alpha value is -2.82. The molecule has 0 spiro atoms. The Morgan fingerprint density at radius 3 is 2.00 bits per heavy atom. The first-order valence-corrected chi connectivity index (χ1v) is 9.05. The molecule has 0 aliphatic carbocycles. The number of amides is 2. The summed E-state index contributed by atoms with van der Waals surface area (Å²) in [5.41, 5.74) is 0.908. The van der Waals surface area contributed by atoms with Crippen LogP contribution in [0.15, 0.2) is 60.7 Å². The first-order chi connectivity index (χ1) is 12.7. The molecule has 144 valence electrons. The fraction of sp³-hybridized carbons (Fsp3) is 0.364. The summed E-state index contributed by atoms with van der Waals surface area (Å²) in [6.45, 7) is 7.17. The standard InChI is InChI=1S/C22H28N2O3/c1-21(2,3)27-20(26)23-16-19(25)24-22(4,18-13-9-6-10-14-18)15-17-11-7-5-8-12-17/h5-14H,15-16H2,1-4H3,(H,23,26)(H,24,25)/i4+1,22+1. The van der Waals surface area contributed by atoms with Gasteiger partial charge in [0.1, 0.15) is 12.1 Å². The zero-order chi connectivity index (χ0) is 19.9. The second-order valence-electron chi connectivity index (χ2n) is 7.76. The number of hydrogen-bond donors (Lipinski definition) is 2. The van der Waals surface area contributed by atoms with Crippen molar-refractivity contribution in [3.05, 3.63) is 71.8 Å². The van der Waals surface area contributed by atoms with E-state index in [0.29, 0.717) is 6.42 Å². The third kappa shape index (κ3) is 6.77. The van der Waals surface area contributed by atoms with E-state index in [2.05, 4.69) is 10.6 Å². The molecule has 5 heteroatoms.